The van der Waals surface area contributed by atoms with Gasteiger partial charge in [-0.2, -0.15) is 0 Å². The summed E-state index contributed by atoms with van der Waals surface area (Å²) in [6.07, 6.45) is 4.33. The van der Waals surface area contributed by atoms with Crippen molar-refractivity contribution in [3.8, 4) is 0 Å². The molecule has 1 amide bonds. The average Bonchev–Trinajstić information content (AvgIpc) is 2.63. The highest BCUT2D eigenvalue weighted by Gasteiger charge is 2.12. The summed E-state index contributed by atoms with van der Waals surface area (Å²) in [5.74, 6) is 0.914. The van der Waals surface area contributed by atoms with E-state index in [2.05, 4.69) is 39.3 Å². The normalized spacial score (nSPS) is 10.6. The number of nitrogens with one attached hydrogen (secondary N) is 2. The number of nitrogens with zero attached hydrogens (tertiary/aromatic N) is 3. The van der Waals surface area contributed by atoms with Gasteiger partial charge in [0, 0.05) is 18.9 Å². The van der Waals surface area contributed by atoms with Crippen molar-refractivity contribution >= 4 is 17.5 Å². The van der Waals surface area contributed by atoms with Crippen LogP contribution in [0, 0.1) is 0 Å². The lowest BCUT2D eigenvalue weighted by molar-refractivity contribution is 0.102. The molecule has 0 saturated carbocycles. The van der Waals surface area contributed by atoms with Crippen LogP contribution in [0.1, 0.15) is 30.6 Å². The molecule has 6 heteroatoms. The first-order chi connectivity index (χ1) is 11.7. The van der Waals surface area contributed by atoms with Crippen molar-refractivity contribution < 1.29 is 4.79 Å². The number of hydrogen-bond donors (Lipinski definition) is 2. The Morgan fingerprint density at radius 3 is 2.58 bits per heavy atom. The lowest BCUT2D eigenvalue weighted by Crippen LogP contribution is -2.25. The second kappa shape index (κ2) is 9.62. The zero-order chi connectivity index (χ0) is 17.2. The number of carbonyl (C=O) groups is 1. The quantitative estimate of drug-likeness (QED) is 0.693. The molecule has 0 radical (unpaired) electrons. The van der Waals surface area contributed by atoms with Crippen LogP contribution in [-0.4, -0.2) is 47.0 Å². The lowest BCUT2D eigenvalue weighted by Gasteiger charge is -2.18. The maximum Gasteiger partial charge on any atom is 0.260 e. The predicted octanol–water partition coefficient (Wildman–Crippen LogP) is 2.87. The van der Waals surface area contributed by atoms with Gasteiger partial charge in [0.2, 0.25) is 0 Å². The summed E-state index contributed by atoms with van der Waals surface area (Å²) >= 11 is 0. The van der Waals surface area contributed by atoms with E-state index in [9.17, 15) is 4.79 Å². The third-order valence-corrected chi connectivity index (χ3v) is 3.80. The van der Waals surface area contributed by atoms with Gasteiger partial charge in [-0.25, -0.2) is 9.97 Å². The van der Waals surface area contributed by atoms with Crippen molar-refractivity contribution in [3.05, 3.63) is 48.3 Å². The molecular weight excluding hydrogens is 302 g/mol. The molecule has 6 nitrogen and oxygen atoms in total. The Morgan fingerprint density at radius 1 is 1.08 bits per heavy atom. The van der Waals surface area contributed by atoms with Crippen LogP contribution in [-0.2, 0) is 0 Å². The lowest BCUT2D eigenvalue weighted by atomic mass is 10.2. The van der Waals surface area contributed by atoms with Crippen molar-refractivity contribution in [2.45, 2.75) is 20.3 Å². The van der Waals surface area contributed by atoms with Gasteiger partial charge in [0.1, 0.15) is 11.6 Å². The molecule has 0 bridgehead atoms. The molecule has 2 N–H and O–H groups in total. The molecular formula is C18H25N5O. The van der Waals surface area contributed by atoms with Crippen LogP contribution in [0.4, 0.5) is 11.6 Å². The van der Waals surface area contributed by atoms with Crippen LogP contribution in [0.5, 0.6) is 0 Å². The molecule has 0 aliphatic rings. The van der Waals surface area contributed by atoms with Gasteiger partial charge in [0.05, 0.1) is 5.56 Å². The zero-order valence-electron chi connectivity index (χ0n) is 14.3. The SMILES string of the molecule is CCN(CC)CCCNc1ncccc1C(=O)Nc1ccccn1. The van der Waals surface area contributed by atoms with E-state index < -0.39 is 0 Å². The maximum atomic E-state index is 12.4. The minimum absolute atomic E-state index is 0.215. The first-order valence-corrected chi connectivity index (χ1v) is 8.38. The summed E-state index contributed by atoms with van der Waals surface area (Å²) in [4.78, 5) is 23.2. The number of hydrogen-bond acceptors (Lipinski definition) is 5. The van der Waals surface area contributed by atoms with E-state index >= 15 is 0 Å². The number of aromatic nitrogens is 2. The van der Waals surface area contributed by atoms with Crippen LogP contribution < -0.4 is 10.6 Å². The van der Waals surface area contributed by atoms with Crippen LogP contribution in [0.2, 0.25) is 0 Å². The summed E-state index contributed by atoms with van der Waals surface area (Å²) in [6.45, 7) is 8.24. The van der Waals surface area contributed by atoms with Gasteiger partial charge < -0.3 is 15.5 Å². The number of amides is 1. The van der Waals surface area contributed by atoms with Crippen molar-refractivity contribution in [1.29, 1.82) is 0 Å². The highest BCUT2D eigenvalue weighted by molar-refractivity contribution is 6.06. The molecule has 0 aliphatic heterocycles. The monoisotopic (exact) mass is 327 g/mol. The van der Waals surface area contributed by atoms with Crippen molar-refractivity contribution in [2.24, 2.45) is 0 Å². The molecule has 0 saturated heterocycles. The minimum Gasteiger partial charge on any atom is -0.369 e. The van der Waals surface area contributed by atoms with Crippen molar-refractivity contribution in [2.75, 3.05) is 36.8 Å². The number of pyridine rings is 2. The molecule has 0 fully saturated rings. The largest absolute Gasteiger partial charge is 0.369 e. The molecule has 24 heavy (non-hydrogen) atoms. The smallest absolute Gasteiger partial charge is 0.260 e. The van der Waals surface area contributed by atoms with Crippen LogP contribution in [0.3, 0.4) is 0 Å². The summed E-state index contributed by atoms with van der Waals surface area (Å²) in [6, 6.07) is 8.92. The predicted molar refractivity (Wildman–Crippen MR) is 97.3 cm³/mol. The molecule has 2 rings (SSSR count). The first-order valence-electron chi connectivity index (χ1n) is 8.38. The Hall–Kier alpha value is -2.47. The second-order valence-electron chi connectivity index (χ2n) is 5.38. The van der Waals surface area contributed by atoms with E-state index in [4.69, 9.17) is 0 Å². The van der Waals surface area contributed by atoms with Gasteiger partial charge in [-0.15, -0.1) is 0 Å². The fraction of sp³-hybridized carbons (Fsp3) is 0.389. The van der Waals surface area contributed by atoms with Gasteiger partial charge in [-0.1, -0.05) is 19.9 Å². The second-order valence-corrected chi connectivity index (χ2v) is 5.38. The van der Waals surface area contributed by atoms with E-state index in [1.54, 1.807) is 30.6 Å². The molecule has 2 aromatic heterocycles. The van der Waals surface area contributed by atoms with Gasteiger partial charge >= 0.3 is 0 Å². The summed E-state index contributed by atoms with van der Waals surface area (Å²) < 4.78 is 0. The van der Waals surface area contributed by atoms with Crippen LogP contribution in [0.25, 0.3) is 0 Å². The van der Waals surface area contributed by atoms with Crippen LogP contribution >= 0.6 is 0 Å². The molecule has 0 aromatic carbocycles. The zero-order valence-corrected chi connectivity index (χ0v) is 14.3. The third-order valence-electron chi connectivity index (χ3n) is 3.80. The van der Waals surface area contributed by atoms with Gasteiger partial charge in [0.15, 0.2) is 0 Å². The van der Waals surface area contributed by atoms with Crippen LogP contribution in [0.15, 0.2) is 42.7 Å². The van der Waals surface area contributed by atoms with E-state index in [1.165, 1.54) is 0 Å². The molecule has 0 aliphatic carbocycles. The highest BCUT2D eigenvalue weighted by atomic mass is 16.1. The first kappa shape index (κ1) is 17.9. The topological polar surface area (TPSA) is 70.2 Å². The van der Waals surface area contributed by atoms with Crippen molar-refractivity contribution in [3.63, 3.8) is 0 Å². The third kappa shape index (κ3) is 5.31. The fourth-order valence-electron chi connectivity index (χ4n) is 2.40. The summed E-state index contributed by atoms with van der Waals surface area (Å²) in [7, 11) is 0. The molecule has 0 spiro atoms. The molecule has 2 heterocycles. The number of anilines is 2. The molecule has 128 valence electrons. The van der Waals surface area contributed by atoms with Gasteiger partial charge in [0.25, 0.3) is 5.91 Å². The van der Waals surface area contributed by atoms with E-state index in [0.29, 0.717) is 17.2 Å². The standard InChI is InChI=1S/C18H25N5O/c1-3-23(4-2)14-8-13-21-17-15(9-7-12-20-17)18(24)22-16-10-5-6-11-19-16/h5-7,9-12H,3-4,8,13-14H2,1-2H3,(H,20,21)(H,19,22,24). The Kier molecular flexibility index (Phi) is 7.17. The average molecular weight is 327 g/mol. The van der Waals surface area contributed by atoms with Gasteiger partial charge in [-0.3, -0.25) is 4.79 Å². The molecule has 0 unspecified atom stereocenters. The highest BCUT2D eigenvalue weighted by Crippen LogP contribution is 2.13. The Bertz CT molecular complexity index is 628. The van der Waals surface area contributed by atoms with E-state index in [1.807, 2.05) is 12.1 Å². The fourth-order valence-corrected chi connectivity index (χ4v) is 2.40. The number of rotatable bonds is 9. The summed E-state index contributed by atoms with van der Waals surface area (Å²) in [5, 5.41) is 6.05. The van der Waals surface area contributed by atoms with E-state index in [-0.39, 0.29) is 5.91 Å². The van der Waals surface area contributed by atoms with Gasteiger partial charge in [-0.05, 0) is 50.3 Å². The Morgan fingerprint density at radius 2 is 1.88 bits per heavy atom. The maximum absolute atomic E-state index is 12.4. The summed E-state index contributed by atoms with van der Waals surface area (Å²) in [5.41, 5.74) is 0.519. The van der Waals surface area contributed by atoms with E-state index in [0.717, 1.165) is 32.6 Å². The number of carbonyl (C=O) groups excluding carboxylic acids is 1. The Balaban J connectivity index is 1.93. The molecule has 0 atom stereocenters. The minimum atomic E-state index is -0.215. The molecule has 2 aromatic rings. The Labute approximate surface area is 143 Å². The van der Waals surface area contributed by atoms with Crippen molar-refractivity contribution in [1.82, 2.24) is 14.9 Å².